The van der Waals surface area contributed by atoms with Gasteiger partial charge in [0.25, 0.3) is 5.95 Å². The van der Waals surface area contributed by atoms with Crippen LogP contribution in [0.1, 0.15) is 11.1 Å². The summed E-state index contributed by atoms with van der Waals surface area (Å²) in [6.45, 7) is 0.787. The number of methoxy groups -OCH3 is 1. The second kappa shape index (κ2) is 7.71. The minimum absolute atomic E-state index is 0.158. The maximum absolute atomic E-state index is 6.35. The fourth-order valence-electron chi connectivity index (χ4n) is 2.19. The zero-order chi connectivity index (χ0) is 17.6. The number of hydrogen-bond acceptors (Lipinski definition) is 7. The van der Waals surface area contributed by atoms with Gasteiger partial charge in [-0.2, -0.15) is 0 Å². The zero-order valence-electron chi connectivity index (χ0n) is 13.5. The van der Waals surface area contributed by atoms with E-state index in [2.05, 4.69) is 21.0 Å². The molecule has 0 atom stereocenters. The molecule has 8 nitrogen and oxygen atoms in total. The molecule has 0 radical (unpaired) electrons. The van der Waals surface area contributed by atoms with Crippen LogP contribution in [0.5, 0.6) is 11.5 Å². The molecule has 0 saturated heterocycles. The number of nitrogen functional groups attached to an aromatic ring is 1. The highest BCUT2D eigenvalue weighted by Crippen LogP contribution is 2.34. The third kappa shape index (κ3) is 4.10. The van der Waals surface area contributed by atoms with Gasteiger partial charge in [-0.05, 0) is 27.6 Å². The van der Waals surface area contributed by atoms with E-state index in [0.29, 0.717) is 29.7 Å². The van der Waals surface area contributed by atoms with Crippen molar-refractivity contribution in [1.82, 2.24) is 20.3 Å². The Kier molecular flexibility index (Phi) is 5.20. The number of nitrogens with zero attached hydrogens (tertiary/aromatic N) is 4. The number of ether oxygens (including phenoxy) is 2. The summed E-state index contributed by atoms with van der Waals surface area (Å²) in [5.41, 5.74) is 10.4. The number of anilines is 1. The molecule has 0 bridgehead atoms. The van der Waals surface area contributed by atoms with Gasteiger partial charge >= 0.3 is 0 Å². The molecule has 3 N–H and O–H groups in total. The molecule has 1 heterocycles. The van der Waals surface area contributed by atoms with Gasteiger partial charge in [-0.15, -0.1) is 4.79 Å². The molecule has 25 heavy (non-hydrogen) atoms. The molecule has 3 rings (SSSR count). The van der Waals surface area contributed by atoms with E-state index in [1.165, 1.54) is 4.79 Å². The predicted octanol–water partition coefficient (Wildman–Crippen LogP) is 2.24. The van der Waals surface area contributed by atoms with Crippen molar-refractivity contribution in [3.8, 4) is 11.5 Å². The molecule has 0 aliphatic heterocycles. The van der Waals surface area contributed by atoms with Crippen molar-refractivity contribution in [2.45, 2.75) is 13.2 Å². The minimum Gasteiger partial charge on any atom is -0.493 e. The van der Waals surface area contributed by atoms with Crippen molar-refractivity contribution in [2.75, 3.05) is 18.3 Å². The molecule has 0 amide bonds. The average Bonchev–Trinajstić information content (AvgIpc) is 3.05. The summed E-state index contributed by atoms with van der Waals surface area (Å²) >= 11 is 6.35. The van der Waals surface area contributed by atoms with Crippen LogP contribution in [-0.2, 0) is 13.2 Å². The average molecular weight is 361 g/mol. The van der Waals surface area contributed by atoms with Gasteiger partial charge in [0.05, 0.1) is 13.7 Å². The number of hydrogen-bond donors (Lipinski definition) is 2. The van der Waals surface area contributed by atoms with Crippen LogP contribution in [-0.4, -0.2) is 27.4 Å². The fourth-order valence-corrected chi connectivity index (χ4v) is 2.41. The molecule has 0 unspecified atom stereocenters. The Morgan fingerprint density at radius 3 is 2.68 bits per heavy atom. The summed E-state index contributed by atoms with van der Waals surface area (Å²) in [6.07, 6.45) is 0. The first-order valence-electron chi connectivity index (χ1n) is 7.48. The van der Waals surface area contributed by atoms with Gasteiger partial charge in [0.15, 0.2) is 11.5 Å². The van der Waals surface area contributed by atoms with Gasteiger partial charge in [-0.1, -0.05) is 47.0 Å². The number of tetrazole rings is 1. The lowest BCUT2D eigenvalue weighted by Gasteiger charge is -2.14. The molecular weight excluding hydrogens is 344 g/mol. The molecule has 0 aliphatic carbocycles. The van der Waals surface area contributed by atoms with Gasteiger partial charge in [0.1, 0.15) is 6.61 Å². The lowest BCUT2D eigenvalue weighted by molar-refractivity contribution is 0.284. The monoisotopic (exact) mass is 360 g/mol. The Balaban J connectivity index is 1.72. The molecular formula is C16H17ClN6O2. The third-order valence-corrected chi connectivity index (χ3v) is 3.83. The lowest BCUT2D eigenvalue weighted by Crippen LogP contribution is -2.18. The van der Waals surface area contributed by atoms with E-state index in [9.17, 15) is 0 Å². The summed E-state index contributed by atoms with van der Waals surface area (Å²) < 4.78 is 11.2. The van der Waals surface area contributed by atoms with E-state index in [4.69, 9.17) is 26.8 Å². The van der Waals surface area contributed by atoms with Crippen LogP contribution in [0.4, 0.5) is 5.95 Å². The van der Waals surface area contributed by atoms with Gasteiger partial charge in [0, 0.05) is 11.1 Å². The molecule has 0 fully saturated rings. The van der Waals surface area contributed by atoms with E-state index in [1.54, 1.807) is 19.2 Å². The summed E-state index contributed by atoms with van der Waals surface area (Å²) in [6, 6.07) is 13.4. The van der Waals surface area contributed by atoms with Crippen LogP contribution in [0.3, 0.4) is 0 Å². The summed E-state index contributed by atoms with van der Waals surface area (Å²) in [4.78, 5) is 1.27. The standard InChI is InChI=1S/C16H17ClN6O2/c1-24-14-7-12(9-19-23-16(18)20-21-22-23)13(17)8-15(14)25-10-11-5-3-2-4-6-11/h2-8,19H,9-10H2,1H3,(H2,18,20,22). The van der Waals surface area contributed by atoms with Crippen LogP contribution >= 0.6 is 11.6 Å². The molecule has 130 valence electrons. The zero-order valence-corrected chi connectivity index (χ0v) is 14.3. The number of halogens is 1. The van der Waals surface area contributed by atoms with Crippen molar-refractivity contribution < 1.29 is 9.47 Å². The number of nitrogens with one attached hydrogen (secondary N) is 1. The molecule has 9 heteroatoms. The van der Waals surface area contributed by atoms with Crippen molar-refractivity contribution in [3.05, 3.63) is 58.6 Å². The molecule has 1 aromatic heterocycles. The minimum atomic E-state index is 0.158. The van der Waals surface area contributed by atoms with Crippen LogP contribution in [0.2, 0.25) is 5.02 Å². The maximum Gasteiger partial charge on any atom is 0.260 e. The first-order valence-corrected chi connectivity index (χ1v) is 7.86. The Hall–Kier alpha value is -3.00. The largest absolute Gasteiger partial charge is 0.493 e. The highest BCUT2D eigenvalue weighted by molar-refractivity contribution is 6.31. The van der Waals surface area contributed by atoms with Crippen molar-refractivity contribution in [1.29, 1.82) is 0 Å². The van der Waals surface area contributed by atoms with E-state index in [0.717, 1.165) is 11.1 Å². The highest BCUT2D eigenvalue weighted by Gasteiger charge is 2.12. The van der Waals surface area contributed by atoms with E-state index in [1.807, 2.05) is 30.3 Å². The van der Waals surface area contributed by atoms with E-state index in [-0.39, 0.29) is 5.95 Å². The Morgan fingerprint density at radius 1 is 1.20 bits per heavy atom. The first-order chi connectivity index (χ1) is 12.2. The van der Waals surface area contributed by atoms with E-state index >= 15 is 0 Å². The normalized spacial score (nSPS) is 10.5. The van der Waals surface area contributed by atoms with Crippen LogP contribution in [0, 0.1) is 0 Å². The maximum atomic E-state index is 6.35. The van der Waals surface area contributed by atoms with Crippen LogP contribution < -0.4 is 20.6 Å². The smallest absolute Gasteiger partial charge is 0.260 e. The molecule has 3 aromatic rings. The summed E-state index contributed by atoms with van der Waals surface area (Å²) in [5, 5.41) is 11.3. The Bertz CT molecular complexity index is 840. The Labute approximate surface area is 149 Å². The Morgan fingerprint density at radius 2 is 2.00 bits per heavy atom. The molecule has 0 spiro atoms. The predicted molar refractivity (Wildman–Crippen MR) is 94.1 cm³/mol. The second-order valence-corrected chi connectivity index (χ2v) is 5.56. The number of aromatic nitrogens is 4. The molecule has 2 aromatic carbocycles. The van der Waals surface area contributed by atoms with Gasteiger partial charge in [-0.25, -0.2) is 0 Å². The van der Waals surface area contributed by atoms with E-state index < -0.39 is 0 Å². The molecule has 0 saturated carbocycles. The quantitative estimate of drug-likeness (QED) is 0.666. The summed E-state index contributed by atoms with van der Waals surface area (Å²) in [7, 11) is 1.58. The second-order valence-electron chi connectivity index (χ2n) is 5.15. The van der Waals surface area contributed by atoms with Crippen LogP contribution in [0.25, 0.3) is 0 Å². The summed E-state index contributed by atoms with van der Waals surface area (Å²) in [5.74, 6) is 1.31. The van der Waals surface area contributed by atoms with Gasteiger partial charge in [0.2, 0.25) is 0 Å². The topological polar surface area (TPSA) is 100 Å². The van der Waals surface area contributed by atoms with Crippen molar-refractivity contribution in [3.63, 3.8) is 0 Å². The van der Waals surface area contributed by atoms with Crippen molar-refractivity contribution in [2.24, 2.45) is 0 Å². The fraction of sp³-hybridized carbons (Fsp3) is 0.188. The number of benzene rings is 2. The van der Waals surface area contributed by atoms with Crippen LogP contribution in [0.15, 0.2) is 42.5 Å². The van der Waals surface area contributed by atoms with Gasteiger partial charge in [-0.3, -0.25) is 0 Å². The SMILES string of the molecule is COc1cc(CNn2nnnc2N)c(Cl)cc1OCc1ccccc1. The van der Waals surface area contributed by atoms with Gasteiger partial charge < -0.3 is 20.6 Å². The number of rotatable bonds is 7. The van der Waals surface area contributed by atoms with Crippen molar-refractivity contribution >= 4 is 17.5 Å². The first kappa shape index (κ1) is 16.8. The number of nitrogens with two attached hydrogens (primary N) is 1. The molecule has 0 aliphatic rings. The highest BCUT2D eigenvalue weighted by atomic mass is 35.5. The lowest BCUT2D eigenvalue weighted by atomic mass is 10.2. The third-order valence-electron chi connectivity index (χ3n) is 3.48.